The highest BCUT2D eigenvalue weighted by molar-refractivity contribution is 7.89. The van der Waals surface area contributed by atoms with Crippen molar-refractivity contribution in [1.29, 1.82) is 0 Å². The highest BCUT2D eigenvalue weighted by Crippen LogP contribution is 2.24. The number of rotatable bonds is 9. The lowest BCUT2D eigenvalue weighted by atomic mass is 9.91. The SMILES string of the molecule is COC(=O)CCCCCNS(=O)(=O)CC1CCCCC1. The molecule has 0 aromatic heterocycles. The number of methoxy groups -OCH3 is 1. The molecule has 0 atom stereocenters. The van der Waals surface area contributed by atoms with Gasteiger partial charge in [0.15, 0.2) is 0 Å². The van der Waals surface area contributed by atoms with E-state index in [-0.39, 0.29) is 11.7 Å². The summed E-state index contributed by atoms with van der Waals surface area (Å²) >= 11 is 0. The molecule has 6 heteroatoms. The van der Waals surface area contributed by atoms with Crippen LogP contribution in [0.2, 0.25) is 0 Å². The van der Waals surface area contributed by atoms with Gasteiger partial charge in [-0.3, -0.25) is 4.79 Å². The van der Waals surface area contributed by atoms with Crippen LogP contribution in [0.3, 0.4) is 0 Å². The topological polar surface area (TPSA) is 72.5 Å². The molecular formula is C14H27NO4S. The average molecular weight is 305 g/mol. The molecule has 1 saturated carbocycles. The number of nitrogens with one attached hydrogen (secondary N) is 1. The van der Waals surface area contributed by atoms with Crippen LogP contribution in [0.4, 0.5) is 0 Å². The number of unbranched alkanes of at least 4 members (excludes halogenated alkanes) is 2. The Balaban J connectivity index is 2.08. The molecule has 1 aliphatic rings. The fraction of sp³-hybridized carbons (Fsp3) is 0.929. The van der Waals surface area contributed by atoms with Gasteiger partial charge in [-0.15, -0.1) is 0 Å². The van der Waals surface area contributed by atoms with Crippen molar-refractivity contribution in [2.45, 2.75) is 57.8 Å². The van der Waals surface area contributed by atoms with E-state index in [1.165, 1.54) is 13.5 Å². The maximum absolute atomic E-state index is 11.9. The lowest BCUT2D eigenvalue weighted by molar-refractivity contribution is -0.140. The van der Waals surface area contributed by atoms with E-state index in [9.17, 15) is 13.2 Å². The van der Waals surface area contributed by atoms with Crippen LogP contribution < -0.4 is 4.72 Å². The number of sulfonamides is 1. The predicted octanol–water partition coefficient (Wildman–Crippen LogP) is 2.22. The zero-order chi connectivity index (χ0) is 14.8. The summed E-state index contributed by atoms with van der Waals surface area (Å²) in [6.07, 6.45) is 8.40. The number of carbonyl (C=O) groups excluding carboxylic acids is 1. The van der Waals surface area contributed by atoms with E-state index in [2.05, 4.69) is 9.46 Å². The van der Waals surface area contributed by atoms with Crippen LogP contribution in [0.15, 0.2) is 0 Å². The van der Waals surface area contributed by atoms with Crippen molar-refractivity contribution in [3.63, 3.8) is 0 Å². The third-order valence-electron chi connectivity index (χ3n) is 3.79. The van der Waals surface area contributed by atoms with Crippen molar-refractivity contribution in [1.82, 2.24) is 4.72 Å². The molecule has 1 fully saturated rings. The Labute approximate surface area is 122 Å². The summed E-state index contributed by atoms with van der Waals surface area (Å²) in [5.74, 6) is 0.401. The summed E-state index contributed by atoms with van der Waals surface area (Å²) < 4.78 is 31.0. The van der Waals surface area contributed by atoms with Crippen LogP contribution in [-0.4, -0.2) is 33.8 Å². The molecule has 0 aliphatic heterocycles. The molecule has 1 N–H and O–H groups in total. The van der Waals surface area contributed by atoms with Gasteiger partial charge in [-0.2, -0.15) is 0 Å². The van der Waals surface area contributed by atoms with Crippen molar-refractivity contribution in [3.05, 3.63) is 0 Å². The first-order chi connectivity index (χ1) is 9.53. The van der Waals surface area contributed by atoms with Crippen molar-refractivity contribution in [3.8, 4) is 0 Å². The molecule has 0 unspecified atom stereocenters. The molecule has 20 heavy (non-hydrogen) atoms. The minimum Gasteiger partial charge on any atom is -0.469 e. The van der Waals surface area contributed by atoms with E-state index >= 15 is 0 Å². The molecular weight excluding hydrogens is 278 g/mol. The first kappa shape index (κ1) is 17.4. The molecule has 0 heterocycles. The molecule has 0 amide bonds. The Kier molecular flexibility index (Phi) is 8.14. The Bertz CT molecular complexity index is 375. The molecule has 0 spiro atoms. The molecule has 0 saturated heterocycles. The van der Waals surface area contributed by atoms with E-state index in [4.69, 9.17) is 0 Å². The third kappa shape index (κ3) is 7.85. The Morgan fingerprint density at radius 3 is 2.50 bits per heavy atom. The number of esters is 1. The average Bonchev–Trinajstić information content (AvgIpc) is 2.43. The zero-order valence-corrected chi connectivity index (χ0v) is 13.2. The molecule has 0 bridgehead atoms. The van der Waals surface area contributed by atoms with Crippen LogP contribution >= 0.6 is 0 Å². The normalized spacial score (nSPS) is 17.1. The Morgan fingerprint density at radius 1 is 1.15 bits per heavy atom. The second-order valence-corrected chi connectivity index (χ2v) is 7.42. The quantitative estimate of drug-likeness (QED) is 0.523. The van der Waals surface area contributed by atoms with E-state index in [0.717, 1.165) is 44.9 Å². The molecule has 1 aliphatic carbocycles. The fourth-order valence-corrected chi connectivity index (χ4v) is 4.15. The van der Waals surface area contributed by atoms with Gasteiger partial charge in [0.25, 0.3) is 0 Å². The molecule has 118 valence electrons. The van der Waals surface area contributed by atoms with Crippen LogP contribution in [0.1, 0.15) is 57.8 Å². The summed E-state index contributed by atoms with van der Waals surface area (Å²) in [5.41, 5.74) is 0. The lowest BCUT2D eigenvalue weighted by Gasteiger charge is -2.21. The monoisotopic (exact) mass is 305 g/mol. The van der Waals surface area contributed by atoms with Gasteiger partial charge in [-0.05, 0) is 31.6 Å². The second-order valence-electron chi connectivity index (χ2n) is 5.57. The molecule has 5 nitrogen and oxygen atoms in total. The highest BCUT2D eigenvalue weighted by Gasteiger charge is 2.20. The highest BCUT2D eigenvalue weighted by atomic mass is 32.2. The molecule has 1 rings (SSSR count). The van der Waals surface area contributed by atoms with Crippen molar-refractivity contribution in [2.24, 2.45) is 5.92 Å². The van der Waals surface area contributed by atoms with Gasteiger partial charge < -0.3 is 4.74 Å². The van der Waals surface area contributed by atoms with Crippen LogP contribution in [0.25, 0.3) is 0 Å². The standard InChI is InChI=1S/C14H27NO4S/c1-19-14(16)10-6-3-7-11-15-20(17,18)12-13-8-4-2-5-9-13/h13,15H,2-12H2,1H3. The number of carbonyl (C=O) groups is 1. The minimum atomic E-state index is -3.13. The number of ether oxygens (including phenoxy) is 1. The molecule has 0 aromatic rings. The largest absolute Gasteiger partial charge is 0.469 e. The molecule has 0 aromatic carbocycles. The van der Waals surface area contributed by atoms with Crippen molar-refractivity contribution in [2.75, 3.05) is 19.4 Å². The van der Waals surface area contributed by atoms with Gasteiger partial charge in [0.05, 0.1) is 12.9 Å². The van der Waals surface area contributed by atoms with Crippen molar-refractivity contribution < 1.29 is 17.9 Å². The van der Waals surface area contributed by atoms with Gasteiger partial charge >= 0.3 is 5.97 Å². The maximum atomic E-state index is 11.9. The van der Waals surface area contributed by atoms with Gasteiger partial charge in [0.1, 0.15) is 0 Å². The van der Waals surface area contributed by atoms with E-state index in [0.29, 0.717) is 18.9 Å². The number of hydrogen-bond acceptors (Lipinski definition) is 4. The second kappa shape index (κ2) is 9.34. The summed E-state index contributed by atoms with van der Waals surface area (Å²) in [6.45, 7) is 0.468. The smallest absolute Gasteiger partial charge is 0.305 e. The summed E-state index contributed by atoms with van der Waals surface area (Å²) in [7, 11) is -1.75. The van der Waals surface area contributed by atoms with E-state index in [1.54, 1.807) is 0 Å². The lowest BCUT2D eigenvalue weighted by Crippen LogP contribution is -2.31. The Morgan fingerprint density at radius 2 is 1.85 bits per heavy atom. The minimum absolute atomic E-state index is 0.206. The summed E-state index contributed by atoms with van der Waals surface area (Å²) in [5, 5.41) is 0. The first-order valence-electron chi connectivity index (χ1n) is 7.57. The Hall–Kier alpha value is -0.620. The van der Waals surface area contributed by atoms with E-state index in [1.807, 2.05) is 0 Å². The fourth-order valence-electron chi connectivity index (χ4n) is 2.62. The number of hydrogen-bond donors (Lipinski definition) is 1. The third-order valence-corrected chi connectivity index (χ3v) is 5.34. The van der Waals surface area contributed by atoms with Crippen LogP contribution in [-0.2, 0) is 19.6 Å². The maximum Gasteiger partial charge on any atom is 0.305 e. The van der Waals surface area contributed by atoms with Crippen LogP contribution in [0, 0.1) is 5.92 Å². The van der Waals surface area contributed by atoms with Gasteiger partial charge in [0, 0.05) is 13.0 Å². The van der Waals surface area contributed by atoms with Gasteiger partial charge in [0.2, 0.25) is 10.0 Å². The van der Waals surface area contributed by atoms with Crippen molar-refractivity contribution >= 4 is 16.0 Å². The van der Waals surface area contributed by atoms with Gasteiger partial charge in [-0.25, -0.2) is 13.1 Å². The zero-order valence-electron chi connectivity index (χ0n) is 12.4. The first-order valence-corrected chi connectivity index (χ1v) is 9.23. The molecule has 0 radical (unpaired) electrons. The predicted molar refractivity (Wildman–Crippen MR) is 78.8 cm³/mol. The summed E-state index contributed by atoms with van der Waals surface area (Å²) in [6, 6.07) is 0. The van der Waals surface area contributed by atoms with E-state index < -0.39 is 10.0 Å². The van der Waals surface area contributed by atoms with Crippen LogP contribution in [0.5, 0.6) is 0 Å². The summed E-state index contributed by atoms with van der Waals surface area (Å²) in [4.78, 5) is 10.9. The van der Waals surface area contributed by atoms with Gasteiger partial charge in [-0.1, -0.05) is 25.7 Å².